The SMILES string of the molecule is Clc1ccc(SC[C@H]2CCCCN2)cc1. The van der Waals surface area contributed by atoms with Gasteiger partial charge < -0.3 is 5.32 Å². The maximum Gasteiger partial charge on any atom is 0.0406 e. The Labute approximate surface area is 101 Å². The minimum Gasteiger partial charge on any atom is -0.313 e. The Morgan fingerprint density at radius 1 is 1.27 bits per heavy atom. The van der Waals surface area contributed by atoms with E-state index >= 15 is 0 Å². The van der Waals surface area contributed by atoms with E-state index in [0.29, 0.717) is 6.04 Å². The van der Waals surface area contributed by atoms with Gasteiger partial charge in [0.05, 0.1) is 0 Å². The van der Waals surface area contributed by atoms with Crippen LogP contribution >= 0.6 is 23.4 Å². The normalized spacial score (nSPS) is 21.5. The van der Waals surface area contributed by atoms with Crippen molar-refractivity contribution in [2.45, 2.75) is 30.2 Å². The van der Waals surface area contributed by atoms with E-state index < -0.39 is 0 Å². The molecule has 1 aliphatic rings. The van der Waals surface area contributed by atoms with Crippen LogP contribution in [0.2, 0.25) is 5.02 Å². The summed E-state index contributed by atoms with van der Waals surface area (Å²) in [6.45, 7) is 1.19. The van der Waals surface area contributed by atoms with E-state index in [1.807, 2.05) is 23.9 Å². The molecule has 2 rings (SSSR count). The Balaban J connectivity index is 1.79. The quantitative estimate of drug-likeness (QED) is 0.812. The highest BCUT2D eigenvalue weighted by molar-refractivity contribution is 7.99. The molecule has 0 aliphatic carbocycles. The third-order valence-corrected chi connectivity index (χ3v) is 4.10. The summed E-state index contributed by atoms with van der Waals surface area (Å²) < 4.78 is 0. The molecule has 0 bridgehead atoms. The van der Waals surface area contributed by atoms with Gasteiger partial charge >= 0.3 is 0 Å². The zero-order valence-corrected chi connectivity index (χ0v) is 10.3. The Morgan fingerprint density at radius 3 is 2.73 bits per heavy atom. The zero-order chi connectivity index (χ0) is 10.5. The highest BCUT2D eigenvalue weighted by atomic mass is 35.5. The van der Waals surface area contributed by atoms with E-state index in [0.717, 1.165) is 5.02 Å². The van der Waals surface area contributed by atoms with E-state index in [4.69, 9.17) is 11.6 Å². The van der Waals surface area contributed by atoms with Crippen LogP contribution in [0, 0.1) is 0 Å². The molecule has 1 heterocycles. The molecule has 0 unspecified atom stereocenters. The second-order valence-corrected chi connectivity index (χ2v) is 5.44. The van der Waals surface area contributed by atoms with Gasteiger partial charge in [0.25, 0.3) is 0 Å². The predicted octanol–water partition coefficient (Wildman–Crippen LogP) is 3.57. The van der Waals surface area contributed by atoms with Crippen LogP contribution in [-0.2, 0) is 0 Å². The highest BCUT2D eigenvalue weighted by Crippen LogP contribution is 2.22. The van der Waals surface area contributed by atoms with E-state index in [-0.39, 0.29) is 0 Å². The fraction of sp³-hybridized carbons (Fsp3) is 0.500. The zero-order valence-electron chi connectivity index (χ0n) is 8.71. The highest BCUT2D eigenvalue weighted by Gasteiger charge is 2.12. The first-order chi connectivity index (χ1) is 7.34. The van der Waals surface area contributed by atoms with Crippen LogP contribution in [-0.4, -0.2) is 18.3 Å². The molecule has 1 fully saturated rings. The van der Waals surface area contributed by atoms with E-state index in [2.05, 4.69) is 17.4 Å². The molecule has 82 valence electrons. The first-order valence-electron chi connectivity index (χ1n) is 5.46. The molecule has 1 atom stereocenters. The van der Waals surface area contributed by atoms with Gasteiger partial charge in [0.1, 0.15) is 0 Å². The Morgan fingerprint density at radius 2 is 2.07 bits per heavy atom. The maximum absolute atomic E-state index is 5.84. The third-order valence-electron chi connectivity index (χ3n) is 2.68. The molecule has 1 aromatic carbocycles. The van der Waals surface area contributed by atoms with Gasteiger partial charge in [-0.3, -0.25) is 0 Å². The van der Waals surface area contributed by atoms with Crippen molar-refractivity contribution in [3.05, 3.63) is 29.3 Å². The number of benzene rings is 1. The first kappa shape index (κ1) is 11.3. The molecule has 0 spiro atoms. The number of rotatable bonds is 3. The molecule has 1 saturated heterocycles. The lowest BCUT2D eigenvalue weighted by atomic mass is 10.1. The molecule has 3 heteroatoms. The summed E-state index contributed by atoms with van der Waals surface area (Å²) in [5, 5.41) is 4.37. The van der Waals surface area contributed by atoms with Crippen molar-refractivity contribution in [1.82, 2.24) is 5.32 Å². The van der Waals surface area contributed by atoms with Crippen LogP contribution in [0.25, 0.3) is 0 Å². The molecule has 0 radical (unpaired) electrons. The smallest absolute Gasteiger partial charge is 0.0406 e. The average molecular weight is 242 g/mol. The number of halogens is 1. The van der Waals surface area contributed by atoms with Gasteiger partial charge in [0.2, 0.25) is 0 Å². The van der Waals surface area contributed by atoms with Crippen molar-refractivity contribution >= 4 is 23.4 Å². The average Bonchev–Trinajstić information content (AvgIpc) is 2.30. The van der Waals surface area contributed by atoms with Gasteiger partial charge in [-0.05, 0) is 43.7 Å². The summed E-state index contributed by atoms with van der Waals surface area (Å²) in [6.07, 6.45) is 4.03. The van der Waals surface area contributed by atoms with Crippen molar-refractivity contribution in [2.24, 2.45) is 0 Å². The monoisotopic (exact) mass is 241 g/mol. The summed E-state index contributed by atoms with van der Waals surface area (Å²) in [6, 6.07) is 8.79. The minimum atomic E-state index is 0.694. The van der Waals surface area contributed by atoms with Crippen molar-refractivity contribution in [3.63, 3.8) is 0 Å². The molecule has 0 aromatic heterocycles. The molecule has 1 aliphatic heterocycles. The summed E-state index contributed by atoms with van der Waals surface area (Å²) in [7, 11) is 0. The second-order valence-electron chi connectivity index (χ2n) is 3.91. The molecular formula is C12H16ClNS. The van der Waals surface area contributed by atoms with Gasteiger partial charge in [-0.25, -0.2) is 0 Å². The number of hydrogen-bond donors (Lipinski definition) is 1. The largest absolute Gasteiger partial charge is 0.313 e. The summed E-state index contributed by atoms with van der Waals surface area (Å²) in [5.74, 6) is 1.17. The Hall–Kier alpha value is -0.180. The number of nitrogens with one attached hydrogen (secondary N) is 1. The number of hydrogen-bond acceptors (Lipinski definition) is 2. The third kappa shape index (κ3) is 3.71. The fourth-order valence-electron chi connectivity index (χ4n) is 1.79. The summed E-state index contributed by atoms with van der Waals surface area (Å²) in [4.78, 5) is 1.31. The molecular weight excluding hydrogens is 226 g/mol. The Kier molecular flexibility index (Phi) is 4.36. The molecule has 1 nitrogen and oxygen atoms in total. The Bertz CT molecular complexity index is 293. The van der Waals surface area contributed by atoms with Crippen molar-refractivity contribution < 1.29 is 0 Å². The topological polar surface area (TPSA) is 12.0 Å². The predicted molar refractivity (Wildman–Crippen MR) is 67.8 cm³/mol. The van der Waals surface area contributed by atoms with Crippen LogP contribution in [0.4, 0.5) is 0 Å². The summed E-state index contributed by atoms with van der Waals surface area (Å²) in [5.41, 5.74) is 0. The van der Waals surface area contributed by atoms with Gasteiger partial charge in [0, 0.05) is 21.7 Å². The number of thioether (sulfide) groups is 1. The maximum atomic E-state index is 5.84. The lowest BCUT2D eigenvalue weighted by Crippen LogP contribution is -2.35. The van der Waals surface area contributed by atoms with Crippen LogP contribution in [0.3, 0.4) is 0 Å². The van der Waals surface area contributed by atoms with Gasteiger partial charge in [-0.15, -0.1) is 11.8 Å². The van der Waals surface area contributed by atoms with E-state index in [1.165, 1.54) is 36.5 Å². The van der Waals surface area contributed by atoms with Crippen molar-refractivity contribution in [3.8, 4) is 0 Å². The summed E-state index contributed by atoms with van der Waals surface area (Å²) >= 11 is 7.75. The fourth-order valence-corrected chi connectivity index (χ4v) is 2.93. The van der Waals surface area contributed by atoms with Crippen LogP contribution in [0.1, 0.15) is 19.3 Å². The lowest BCUT2D eigenvalue weighted by Gasteiger charge is -2.22. The number of piperidine rings is 1. The van der Waals surface area contributed by atoms with E-state index in [9.17, 15) is 0 Å². The first-order valence-corrected chi connectivity index (χ1v) is 6.83. The molecule has 15 heavy (non-hydrogen) atoms. The molecule has 1 aromatic rings. The molecule has 1 N–H and O–H groups in total. The molecule has 0 amide bonds. The van der Waals surface area contributed by atoms with E-state index in [1.54, 1.807) is 0 Å². The minimum absolute atomic E-state index is 0.694. The lowest BCUT2D eigenvalue weighted by molar-refractivity contribution is 0.430. The van der Waals surface area contributed by atoms with Crippen molar-refractivity contribution in [1.29, 1.82) is 0 Å². The van der Waals surface area contributed by atoms with Gasteiger partial charge in [-0.1, -0.05) is 18.0 Å². The molecule has 0 saturated carbocycles. The standard InChI is InChI=1S/C12H16ClNS/c13-10-4-6-12(7-5-10)15-9-11-3-1-2-8-14-11/h4-7,11,14H,1-3,8-9H2/t11-/m1/s1. The van der Waals surface area contributed by atoms with Crippen LogP contribution in [0.15, 0.2) is 29.2 Å². The van der Waals surface area contributed by atoms with Crippen molar-refractivity contribution in [2.75, 3.05) is 12.3 Å². The van der Waals surface area contributed by atoms with Crippen LogP contribution in [0.5, 0.6) is 0 Å². The van der Waals surface area contributed by atoms with Gasteiger partial charge in [-0.2, -0.15) is 0 Å². The second kappa shape index (κ2) is 5.78. The van der Waals surface area contributed by atoms with Crippen LogP contribution < -0.4 is 5.32 Å². The van der Waals surface area contributed by atoms with Gasteiger partial charge in [0.15, 0.2) is 0 Å².